The van der Waals surface area contributed by atoms with Gasteiger partial charge in [-0.05, 0) is 42.6 Å². The number of benzene rings is 1. The van der Waals surface area contributed by atoms with Gasteiger partial charge in [0.15, 0.2) is 5.82 Å². The average Bonchev–Trinajstić information content (AvgIpc) is 2.45. The van der Waals surface area contributed by atoms with Crippen LogP contribution in [-0.4, -0.2) is 16.5 Å². The van der Waals surface area contributed by atoms with Gasteiger partial charge in [0, 0.05) is 16.6 Å². The molecule has 0 radical (unpaired) electrons. The summed E-state index contributed by atoms with van der Waals surface area (Å²) in [5.74, 6) is 0.641. The third kappa shape index (κ3) is 2.99. The van der Waals surface area contributed by atoms with E-state index in [1.807, 2.05) is 6.07 Å². The lowest BCUT2D eigenvalue weighted by molar-refractivity contribution is 0.609. The normalized spacial score (nSPS) is 14.3. The second-order valence-corrected chi connectivity index (χ2v) is 6.51. The highest BCUT2D eigenvalue weighted by Crippen LogP contribution is 2.28. The molecule has 3 rings (SSSR count). The molecule has 3 nitrogen and oxygen atoms in total. The molecule has 21 heavy (non-hydrogen) atoms. The van der Waals surface area contributed by atoms with Crippen LogP contribution in [0.15, 0.2) is 22.7 Å². The van der Waals surface area contributed by atoms with E-state index in [0.29, 0.717) is 21.8 Å². The molecule has 0 bridgehead atoms. The largest absolute Gasteiger partial charge is 0.311 e. The minimum atomic E-state index is -0.287. The number of rotatable bonds is 2. The molecular weight excluding hydrogens is 333 g/mol. The molecule has 0 aliphatic carbocycles. The molecule has 0 saturated heterocycles. The number of nitrogens with zero attached hydrogens (tertiary/aromatic N) is 2. The molecule has 1 aromatic carbocycles. The van der Waals surface area contributed by atoms with E-state index in [9.17, 15) is 4.39 Å². The number of hydrogen-bond acceptors (Lipinski definition) is 3. The lowest BCUT2D eigenvalue weighted by Crippen LogP contribution is -2.27. The molecule has 0 saturated carbocycles. The predicted molar refractivity (Wildman–Crippen MR) is 84.6 cm³/mol. The van der Waals surface area contributed by atoms with Crippen LogP contribution in [0.2, 0.25) is 0 Å². The molecular formula is C16H17BrFN3. The van der Waals surface area contributed by atoms with Crippen LogP contribution >= 0.6 is 15.9 Å². The summed E-state index contributed by atoms with van der Waals surface area (Å²) >= 11 is 3.32. The van der Waals surface area contributed by atoms with Crippen LogP contribution in [-0.2, 0) is 13.0 Å². The molecule has 0 spiro atoms. The minimum absolute atomic E-state index is 0.287. The molecule has 0 unspecified atom stereocenters. The fourth-order valence-corrected chi connectivity index (χ4v) is 3.14. The number of halogens is 2. The zero-order valence-corrected chi connectivity index (χ0v) is 13.7. The van der Waals surface area contributed by atoms with Crippen LogP contribution < -0.4 is 5.32 Å². The predicted octanol–water partition coefficient (Wildman–Crippen LogP) is 3.81. The fourth-order valence-electron chi connectivity index (χ4n) is 2.68. The Kier molecular flexibility index (Phi) is 4.04. The summed E-state index contributed by atoms with van der Waals surface area (Å²) in [7, 11) is 0. The average molecular weight is 350 g/mol. The Hall–Kier alpha value is -1.33. The molecule has 1 aliphatic heterocycles. The number of nitrogens with one attached hydrogen (secondary N) is 1. The molecule has 2 aromatic rings. The van der Waals surface area contributed by atoms with Crippen molar-refractivity contribution in [3.8, 4) is 11.4 Å². The molecule has 1 aliphatic rings. The Morgan fingerprint density at radius 2 is 2.05 bits per heavy atom. The van der Waals surface area contributed by atoms with Gasteiger partial charge in [-0.3, -0.25) is 0 Å². The SMILES string of the molecule is CC(C)c1nc(-c2cc(F)cc(Br)c2)nc2c1CCNC2. The topological polar surface area (TPSA) is 37.8 Å². The van der Waals surface area contributed by atoms with Crippen LogP contribution in [0.1, 0.15) is 36.7 Å². The molecule has 0 amide bonds. The zero-order valence-electron chi connectivity index (χ0n) is 12.1. The van der Waals surface area contributed by atoms with Gasteiger partial charge in [0.1, 0.15) is 5.82 Å². The highest BCUT2D eigenvalue weighted by atomic mass is 79.9. The second kappa shape index (κ2) is 5.81. The van der Waals surface area contributed by atoms with E-state index >= 15 is 0 Å². The molecule has 5 heteroatoms. The number of aromatic nitrogens is 2. The van der Waals surface area contributed by atoms with Crippen molar-refractivity contribution in [1.29, 1.82) is 0 Å². The van der Waals surface area contributed by atoms with Crippen molar-refractivity contribution < 1.29 is 4.39 Å². The van der Waals surface area contributed by atoms with Crippen molar-refractivity contribution in [1.82, 2.24) is 15.3 Å². The summed E-state index contributed by atoms with van der Waals surface area (Å²) in [6, 6.07) is 4.77. The minimum Gasteiger partial charge on any atom is -0.311 e. The first-order valence-corrected chi connectivity index (χ1v) is 7.91. The van der Waals surface area contributed by atoms with Gasteiger partial charge in [-0.1, -0.05) is 29.8 Å². The Morgan fingerprint density at radius 3 is 2.76 bits per heavy atom. The van der Waals surface area contributed by atoms with Crippen molar-refractivity contribution >= 4 is 15.9 Å². The van der Waals surface area contributed by atoms with Gasteiger partial charge in [-0.2, -0.15) is 0 Å². The van der Waals surface area contributed by atoms with E-state index in [4.69, 9.17) is 4.98 Å². The van der Waals surface area contributed by atoms with E-state index in [1.54, 1.807) is 0 Å². The van der Waals surface area contributed by atoms with E-state index in [1.165, 1.54) is 17.7 Å². The van der Waals surface area contributed by atoms with Crippen molar-refractivity contribution in [2.45, 2.75) is 32.7 Å². The number of hydrogen-bond donors (Lipinski definition) is 1. The van der Waals surface area contributed by atoms with E-state index in [2.05, 4.69) is 40.1 Å². The van der Waals surface area contributed by atoms with E-state index < -0.39 is 0 Å². The highest BCUT2D eigenvalue weighted by Gasteiger charge is 2.20. The zero-order chi connectivity index (χ0) is 15.0. The van der Waals surface area contributed by atoms with Gasteiger partial charge < -0.3 is 5.32 Å². The maximum atomic E-state index is 13.6. The van der Waals surface area contributed by atoms with Crippen molar-refractivity contribution in [2.24, 2.45) is 0 Å². The van der Waals surface area contributed by atoms with Gasteiger partial charge in [0.05, 0.1) is 11.4 Å². The molecule has 0 atom stereocenters. The summed E-state index contributed by atoms with van der Waals surface area (Å²) in [6.07, 6.45) is 0.954. The first-order valence-electron chi connectivity index (χ1n) is 7.11. The monoisotopic (exact) mass is 349 g/mol. The molecule has 1 aromatic heterocycles. The van der Waals surface area contributed by atoms with Crippen molar-refractivity contribution in [2.75, 3.05) is 6.54 Å². The van der Waals surface area contributed by atoms with Crippen LogP contribution in [0.3, 0.4) is 0 Å². The molecule has 2 heterocycles. The quantitative estimate of drug-likeness (QED) is 0.895. The van der Waals surface area contributed by atoms with Gasteiger partial charge >= 0.3 is 0 Å². The highest BCUT2D eigenvalue weighted by molar-refractivity contribution is 9.10. The lowest BCUT2D eigenvalue weighted by Gasteiger charge is -2.21. The van der Waals surface area contributed by atoms with E-state index in [0.717, 1.165) is 30.9 Å². The first kappa shape index (κ1) is 14.6. The second-order valence-electron chi connectivity index (χ2n) is 5.60. The van der Waals surface area contributed by atoms with Crippen LogP contribution in [0, 0.1) is 5.82 Å². The summed E-state index contributed by atoms with van der Waals surface area (Å²) < 4.78 is 14.3. The summed E-state index contributed by atoms with van der Waals surface area (Å²) in [6.45, 7) is 5.98. The Bertz CT molecular complexity index is 665. The van der Waals surface area contributed by atoms with Crippen molar-refractivity contribution in [3.63, 3.8) is 0 Å². The maximum Gasteiger partial charge on any atom is 0.159 e. The lowest BCUT2D eigenvalue weighted by atomic mass is 9.97. The van der Waals surface area contributed by atoms with Gasteiger partial charge in [0.2, 0.25) is 0 Å². The molecule has 1 N–H and O–H groups in total. The Labute approximate surface area is 132 Å². The summed E-state index contributed by atoms with van der Waals surface area (Å²) in [5, 5.41) is 3.33. The standard InChI is InChI=1S/C16H17BrFN3/c1-9(2)15-13-3-4-19-8-14(13)20-16(21-15)10-5-11(17)7-12(18)6-10/h5-7,9,19H,3-4,8H2,1-2H3. The van der Waals surface area contributed by atoms with Crippen molar-refractivity contribution in [3.05, 3.63) is 45.4 Å². The fraction of sp³-hybridized carbons (Fsp3) is 0.375. The molecule has 110 valence electrons. The van der Waals surface area contributed by atoms with E-state index in [-0.39, 0.29) is 5.82 Å². The van der Waals surface area contributed by atoms with Crippen LogP contribution in [0.4, 0.5) is 4.39 Å². The van der Waals surface area contributed by atoms with Crippen LogP contribution in [0.25, 0.3) is 11.4 Å². The maximum absolute atomic E-state index is 13.6. The first-order chi connectivity index (χ1) is 10.0. The Balaban J connectivity index is 2.17. The molecule has 0 fully saturated rings. The van der Waals surface area contributed by atoms with Gasteiger partial charge in [-0.25, -0.2) is 14.4 Å². The number of fused-ring (bicyclic) bond motifs is 1. The third-order valence-electron chi connectivity index (χ3n) is 3.64. The van der Waals surface area contributed by atoms with Gasteiger partial charge in [0.25, 0.3) is 0 Å². The van der Waals surface area contributed by atoms with Crippen LogP contribution in [0.5, 0.6) is 0 Å². The third-order valence-corrected chi connectivity index (χ3v) is 4.09. The summed E-state index contributed by atoms with van der Waals surface area (Å²) in [4.78, 5) is 9.36. The summed E-state index contributed by atoms with van der Waals surface area (Å²) in [5.41, 5.74) is 4.08. The van der Waals surface area contributed by atoms with Gasteiger partial charge in [-0.15, -0.1) is 0 Å². The Morgan fingerprint density at radius 1 is 1.24 bits per heavy atom. The smallest absolute Gasteiger partial charge is 0.159 e.